The average Bonchev–Trinajstić information content (AvgIpc) is 3.81. The van der Waals surface area contributed by atoms with Crippen molar-refractivity contribution >= 4 is 29.6 Å². The highest BCUT2D eigenvalue weighted by Gasteiger charge is 2.33. The molecule has 13 heteroatoms. The van der Waals surface area contributed by atoms with E-state index in [0.717, 1.165) is 40.9 Å². The number of halogens is 1. The minimum absolute atomic E-state index is 0.0456. The van der Waals surface area contributed by atoms with Crippen molar-refractivity contribution in [3.8, 4) is 0 Å². The third-order valence-electron chi connectivity index (χ3n) is 9.61. The highest BCUT2D eigenvalue weighted by atomic mass is 19.1. The molecule has 56 heavy (non-hydrogen) atoms. The van der Waals surface area contributed by atoms with Crippen molar-refractivity contribution in [1.29, 1.82) is 0 Å². The number of Topliss-reactive ketones (excluding diaryl/α,β-unsaturated/α-hetero) is 1. The van der Waals surface area contributed by atoms with Crippen molar-refractivity contribution in [3.63, 3.8) is 0 Å². The van der Waals surface area contributed by atoms with Gasteiger partial charge < -0.3 is 25.6 Å². The molecule has 298 valence electrons. The van der Waals surface area contributed by atoms with Crippen molar-refractivity contribution in [2.24, 2.45) is 17.6 Å². The van der Waals surface area contributed by atoms with Crippen LogP contribution in [0.5, 0.6) is 0 Å². The van der Waals surface area contributed by atoms with Crippen molar-refractivity contribution < 1.29 is 44.3 Å². The Balaban J connectivity index is 0.000000244. The number of ether oxygens (including phenoxy) is 2. The van der Waals surface area contributed by atoms with E-state index < -0.39 is 19.1 Å². The Labute approximate surface area is 328 Å². The quantitative estimate of drug-likeness (QED) is 0.147. The molecule has 0 radical (unpaired) electrons. The zero-order valence-electron chi connectivity index (χ0n) is 33.6. The molecule has 0 saturated carbocycles. The first-order chi connectivity index (χ1) is 27.2. The van der Waals surface area contributed by atoms with E-state index in [9.17, 15) is 28.4 Å². The van der Waals surface area contributed by atoms with Crippen LogP contribution in [0.2, 0.25) is 0 Å². The molecule has 6 rings (SSSR count). The number of benzene rings is 2. The summed E-state index contributed by atoms with van der Waals surface area (Å²) in [7, 11) is 1.69. The molecule has 2 heterocycles. The minimum atomic E-state index is -1.00. The number of hydrogen-bond acceptors (Lipinski definition) is 10. The molecular formula is C43H51FN4O8. The lowest BCUT2D eigenvalue weighted by Crippen LogP contribution is -2.23. The molecule has 12 nitrogen and oxygen atoms in total. The van der Waals surface area contributed by atoms with Crippen molar-refractivity contribution in [3.05, 3.63) is 129 Å². The van der Waals surface area contributed by atoms with Crippen molar-refractivity contribution in [2.45, 2.75) is 71.9 Å². The molecule has 0 spiro atoms. The standard InChI is InChI=1S/C21H22N2O4.C12H15NO2.C9H11NO2.CH3F/c1-12(2)16-9-18(24)17-8-15(11-22-19(16)17)20(25)23-10-13-4-6-14(7-5-13)21(26)27-3;1-7(2)10-4-3-8-5-9(12(14)15)6-13-11(8)10;1-12-9(11)8-4-2-7(6-10)3-5-8;1-2/h4-8,11-12,16H,9-10H2,1-3H3,(H,23,25);5-7,10H,3-4H2,1-2H3,(H,14,15);2-5H,6,10H2,1H3;1H3/t16-;10-;;/m00../s1/i;;;1D. The predicted octanol–water partition coefficient (Wildman–Crippen LogP) is 7.11. The normalized spacial score (nSPS) is 15.0. The van der Waals surface area contributed by atoms with Gasteiger partial charge in [0.25, 0.3) is 5.91 Å². The Hall–Kier alpha value is -5.82. The number of alkyl halides is 1. The van der Waals surface area contributed by atoms with Gasteiger partial charge in [-0.05, 0) is 77.8 Å². The van der Waals surface area contributed by atoms with E-state index in [1.165, 1.54) is 26.6 Å². The van der Waals surface area contributed by atoms with Crippen molar-refractivity contribution in [2.75, 3.05) is 21.4 Å². The van der Waals surface area contributed by atoms with Crippen LogP contribution in [0.1, 0.15) is 134 Å². The van der Waals surface area contributed by atoms with Gasteiger partial charge in [-0.3, -0.25) is 23.9 Å². The van der Waals surface area contributed by atoms with Gasteiger partial charge in [0.1, 0.15) is 0 Å². The third-order valence-corrected chi connectivity index (χ3v) is 9.61. The SMILES string of the molecule is CC(C)[C@@H]1CCc2cc(C(=O)O)cnc21.COC(=O)c1ccc(CN)cc1.COC(=O)c1ccc(CNC(=O)c2cnc3c(c2)C(=O)C[C@H]3C(C)C)cc1.[2H]CF. The van der Waals surface area contributed by atoms with Gasteiger partial charge in [0.15, 0.2) is 5.78 Å². The van der Waals surface area contributed by atoms with E-state index in [2.05, 4.69) is 52.5 Å². The van der Waals surface area contributed by atoms with Crippen LogP contribution in [0.4, 0.5) is 4.39 Å². The zero-order chi connectivity index (χ0) is 42.2. The molecule has 1 amide bonds. The van der Waals surface area contributed by atoms with Gasteiger partial charge in [-0.25, -0.2) is 14.4 Å². The number of carbonyl (C=O) groups excluding carboxylic acids is 4. The second-order valence-corrected chi connectivity index (χ2v) is 13.9. The summed E-state index contributed by atoms with van der Waals surface area (Å²) >= 11 is 0. The number of methoxy groups -OCH3 is 2. The molecule has 2 atom stereocenters. The topological polar surface area (TPSA) is 188 Å². The molecule has 0 saturated heterocycles. The lowest BCUT2D eigenvalue weighted by atomic mass is 9.93. The lowest BCUT2D eigenvalue weighted by Gasteiger charge is -2.14. The number of amides is 1. The van der Waals surface area contributed by atoms with E-state index >= 15 is 0 Å². The van der Waals surface area contributed by atoms with Crippen LogP contribution in [-0.2, 0) is 29.0 Å². The molecule has 2 aliphatic rings. The van der Waals surface area contributed by atoms with Crippen LogP contribution in [-0.4, -0.2) is 66.0 Å². The van der Waals surface area contributed by atoms with E-state index in [0.29, 0.717) is 65.1 Å². The fourth-order valence-electron chi connectivity index (χ4n) is 6.40. The minimum Gasteiger partial charge on any atom is -0.478 e. The third kappa shape index (κ3) is 11.6. The van der Waals surface area contributed by atoms with Crippen LogP contribution in [0, 0.1) is 11.8 Å². The maximum absolute atomic E-state index is 12.4. The summed E-state index contributed by atoms with van der Waals surface area (Å²) < 4.78 is 24.7. The first-order valence-electron chi connectivity index (χ1n) is 18.8. The Bertz CT molecular complexity index is 2010. The highest BCUT2D eigenvalue weighted by molar-refractivity contribution is 6.03. The summed E-state index contributed by atoms with van der Waals surface area (Å²) in [6.07, 6.45) is 5.53. The first-order valence-corrected chi connectivity index (χ1v) is 18.1. The van der Waals surface area contributed by atoms with E-state index in [1.54, 1.807) is 48.5 Å². The average molecular weight is 772 g/mol. The summed E-state index contributed by atoms with van der Waals surface area (Å²) in [5.41, 5.74) is 12.5. The smallest absolute Gasteiger partial charge is 0.337 e. The fourth-order valence-corrected chi connectivity index (χ4v) is 6.40. The van der Waals surface area contributed by atoms with E-state index in [1.807, 2.05) is 12.1 Å². The van der Waals surface area contributed by atoms with Gasteiger partial charge >= 0.3 is 17.9 Å². The number of aryl methyl sites for hydroxylation is 1. The molecule has 0 bridgehead atoms. The van der Waals surface area contributed by atoms with Crippen LogP contribution in [0.25, 0.3) is 0 Å². The number of aromatic carboxylic acids is 1. The number of nitrogens with zero attached hydrogens (tertiary/aromatic N) is 2. The number of nitrogens with two attached hydrogens (primary N) is 1. The maximum atomic E-state index is 12.4. The largest absolute Gasteiger partial charge is 0.478 e. The van der Waals surface area contributed by atoms with Crippen LogP contribution >= 0.6 is 0 Å². The number of aromatic nitrogens is 2. The van der Waals surface area contributed by atoms with Gasteiger partial charge in [0.05, 0.1) is 50.7 Å². The molecule has 2 aromatic heterocycles. The van der Waals surface area contributed by atoms with Crippen LogP contribution in [0.3, 0.4) is 0 Å². The molecule has 0 aliphatic heterocycles. The molecule has 0 unspecified atom stereocenters. The Kier molecular flexibility index (Phi) is 16.3. The molecule has 4 aromatic rings. The lowest BCUT2D eigenvalue weighted by molar-refractivity contribution is 0.0592. The predicted molar refractivity (Wildman–Crippen MR) is 210 cm³/mol. The molecule has 2 aliphatic carbocycles. The summed E-state index contributed by atoms with van der Waals surface area (Å²) in [6.45, 7) is 9.31. The summed E-state index contributed by atoms with van der Waals surface area (Å²) in [5.74, 6) is -0.325. The summed E-state index contributed by atoms with van der Waals surface area (Å²) in [5, 5.41) is 11.7. The monoisotopic (exact) mass is 771 g/mol. The van der Waals surface area contributed by atoms with Gasteiger partial charge in [-0.15, -0.1) is 0 Å². The van der Waals surface area contributed by atoms with E-state index in [-0.39, 0.29) is 23.6 Å². The number of nitrogens with one attached hydrogen (secondary N) is 1. The number of fused-ring (bicyclic) bond motifs is 2. The molecule has 4 N–H and O–H groups in total. The Morgan fingerprint density at radius 3 is 1.86 bits per heavy atom. The number of pyridine rings is 2. The van der Waals surface area contributed by atoms with Gasteiger partial charge in [0.2, 0.25) is 0 Å². The highest BCUT2D eigenvalue weighted by Crippen LogP contribution is 2.38. The number of carbonyl (C=O) groups is 5. The molecule has 0 fully saturated rings. The second-order valence-electron chi connectivity index (χ2n) is 13.9. The van der Waals surface area contributed by atoms with Gasteiger partial charge in [0, 0.05) is 55.0 Å². The number of carboxylic acid groups (broad SMARTS) is 1. The molecular weight excluding hydrogens is 719 g/mol. The Morgan fingerprint density at radius 2 is 1.36 bits per heavy atom. The van der Waals surface area contributed by atoms with Gasteiger partial charge in [-0.2, -0.15) is 0 Å². The number of esters is 2. The number of ketones is 1. The second kappa shape index (κ2) is 21.3. The zero-order valence-corrected chi connectivity index (χ0v) is 32.6. The number of rotatable bonds is 9. The fraction of sp³-hybridized carbons (Fsp3) is 0.372. The molecule has 2 aromatic carbocycles. The maximum Gasteiger partial charge on any atom is 0.337 e. The number of hydrogen-bond donors (Lipinski definition) is 3. The van der Waals surface area contributed by atoms with Crippen LogP contribution in [0.15, 0.2) is 73.1 Å². The van der Waals surface area contributed by atoms with Crippen LogP contribution < -0.4 is 11.1 Å². The van der Waals surface area contributed by atoms with Crippen molar-refractivity contribution in [1.82, 2.24) is 15.3 Å². The summed E-state index contributed by atoms with van der Waals surface area (Å²) in [4.78, 5) is 66.5. The number of carboxylic acids is 1. The van der Waals surface area contributed by atoms with Gasteiger partial charge in [-0.1, -0.05) is 52.0 Å². The summed E-state index contributed by atoms with van der Waals surface area (Å²) in [6, 6.07) is 17.2. The van der Waals surface area contributed by atoms with E-state index in [4.69, 9.17) is 12.2 Å². The first kappa shape index (κ1) is 42.9. The Morgan fingerprint density at radius 1 is 0.839 bits per heavy atom.